The topological polar surface area (TPSA) is 137 Å². The molecule has 120 valence electrons. The number of pyridine rings is 1. The van der Waals surface area contributed by atoms with Crippen LogP contribution in [-0.4, -0.2) is 29.4 Å². The number of nitro groups is 1. The van der Waals surface area contributed by atoms with Crippen molar-refractivity contribution in [3.05, 3.63) is 57.8 Å². The first kappa shape index (κ1) is 16.4. The molecule has 0 spiro atoms. The molecule has 2 rings (SSSR count). The molecule has 2 aromatic rings. The van der Waals surface area contributed by atoms with Crippen LogP contribution >= 0.6 is 0 Å². The number of benzene rings is 1. The van der Waals surface area contributed by atoms with Gasteiger partial charge in [0.1, 0.15) is 4.90 Å². The summed E-state index contributed by atoms with van der Waals surface area (Å²) < 4.78 is 28.9. The van der Waals surface area contributed by atoms with Crippen LogP contribution in [0.15, 0.2) is 41.4 Å². The van der Waals surface area contributed by atoms with E-state index in [1.807, 2.05) is 0 Å². The standard InChI is InChI=1S/C13H10N2O7S/c1-8-2-4-10(5-3-8)23(20,21)22-12-11(15(18)19)6-9(7-14-12)13(16)17/h2-7H,1H3,(H,16,17). The molecule has 0 amide bonds. The Kier molecular flexibility index (Phi) is 4.27. The SMILES string of the molecule is Cc1ccc(S(=O)(=O)Oc2ncc(C(=O)O)cc2[N+](=O)[O-])cc1. The van der Waals surface area contributed by atoms with Crippen molar-refractivity contribution in [3.63, 3.8) is 0 Å². The fraction of sp³-hybridized carbons (Fsp3) is 0.0769. The second kappa shape index (κ2) is 6.01. The summed E-state index contributed by atoms with van der Waals surface area (Å²) in [6, 6.07) is 6.30. The van der Waals surface area contributed by atoms with Gasteiger partial charge in [-0.3, -0.25) is 10.1 Å². The van der Waals surface area contributed by atoms with Crippen molar-refractivity contribution >= 4 is 21.8 Å². The first-order chi connectivity index (χ1) is 10.7. The van der Waals surface area contributed by atoms with Gasteiger partial charge in [-0.1, -0.05) is 17.7 Å². The highest BCUT2D eigenvalue weighted by atomic mass is 32.2. The van der Waals surface area contributed by atoms with Gasteiger partial charge in [-0.15, -0.1) is 0 Å². The Hall–Kier alpha value is -3.01. The molecule has 0 atom stereocenters. The van der Waals surface area contributed by atoms with Crippen LogP contribution in [0.4, 0.5) is 5.69 Å². The lowest BCUT2D eigenvalue weighted by Crippen LogP contribution is -2.12. The number of carboxylic acids is 1. The summed E-state index contributed by atoms with van der Waals surface area (Å²) in [4.78, 5) is 24.0. The minimum absolute atomic E-state index is 0.207. The van der Waals surface area contributed by atoms with Gasteiger partial charge in [0, 0.05) is 12.3 Å². The maximum Gasteiger partial charge on any atom is 0.340 e. The quantitative estimate of drug-likeness (QED) is 0.494. The monoisotopic (exact) mass is 338 g/mol. The Morgan fingerprint density at radius 3 is 2.43 bits per heavy atom. The van der Waals surface area contributed by atoms with Crippen LogP contribution in [0.3, 0.4) is 0 Å². The highest BCUT2D eigenvalue weighted by molar-refractivity contribution is 7.87. The number of aryl methyl sites for hydroxylation is 1. The Labute approximate surface area is 130 Å². The molecule has 1 N–H and O–H groups in total. The average Bonchev–Trinajstić information content (AvgIpc) is 2.47. The number of hydrogen-bond acceptors (Lipinski definition) is 7. The number of hydrogen-bond donors (Lipinski definition) is 1. The smallest absolute Gasteiger partial charge is 0.340 e. The molecule has 0 unspecified atom stereocenters. The lowest BCUT2D eigenvalue weighted by molar-refractivity contribution is -0.385. The lowest BCUT2D eigenvalue weighted by Gasteiger charge is -2.07. The molecule has 0 saturated carbocycles. The van der Waals surface area contributed by atoms with Crippen molar-refractivity contribution < 1.29 is 27.4 Å². The summed E-state index contributed by atoms with van der Waals surface area (Å²) in [5, 5.41) is 19.8. The number of carbonyl (C=O) groups is 1. The highest BCUT2D eigenvalue weighted by Gasteiger charge is 2.26. The van der Waals surface area contributed by atoms with Gasteiger partial charge in [-0.25, -0.2) is 9.78 Å². The molecule has 0 radical (unpaired) electrons. The molecular weight excluding hydrogens is 328 g/mol. The molecule has 0 aliphatic rings. The molecule has 23 heavy (non-hydrogen) atoms. The molecule has 10 heteroatoms. The Morgan fingerprint density at radius 2 is 1.91 bits per heavy atom. The third-order valence-electron chi connectivity index (χ3n) is 2.77. The van der Waals surface area contributed by atoms with Crippen molar-refractivity contribution in [2.75, 3.05) is 0 Å². The number of aromatic nitrogens is 1. The zero-order chi connectivity index (χ0) is 17.2. The molecule has 9 nitrogen and oxygen atoms in total. The van der Waals surface area contributed by atoms with E-state index in [4.69, 9.17) is 5.11 Å². The van der Waals surface area contributed by atoms with Gasteiger partial charge in [-0.05, 0) is 19.1 Å². The van der Waals surface area contributed by atoms with Gasteiger partial charge >= 0.3 is 27.7 Å². The Morgan fingerprint density at radius 1 is 1.30 bits per heavy atom. The van der Waals surface area contributed by atoms with Gasteiger partial charge < -0.3 is 9.29 Å². The van der Waals surface area contributed by atoms with Crippen molar-refractivity contribution in [1.82, 2.24) is 4.98 Å². The van der Waals surface area contributed by atoms with Crippen LogP contribution in [-0.2, 0) is 10.1 Å². The summed E-state index contributed by atoms with van der Waals surface area (Å²) in [6.45, 7) is 1.76. The highest BCUT2D eigenvalue weighted by Crippen LogP contribution is 2.28. The molecule has 0 saturated heterocycles. The predicted octanol–water partition coefficient (Wildman–Crippen LogP) is 1.76. The van der Waals surface area contributed by atoms with E-state index in [2.05, 4.69) is 9.17 Å². The van der Waals surface area contributed by atoms with Gasteiger partial charge in [0.25, 0.3) is 0 Å². The maximum atomic E-state index is 12.1. The van der Waals surface area contributed by atoms with E-state index in [1.54, 1.807) is 6.92 Å². The Balaban J connectivity index is 2.44. The molecule has 1 aromatic carbocycles. The van der Waals surface area contributed by atoms with E-state index in [9.17, 15) is 23.3 Å². The number of aromatic carboxylic acids is 1. The second-order valence-corrected chi connectivity index (χ2v) is 6.01. The summed E-state index contributed by atoms with van der Waals surface area (Å²) >= 11 is 0. The molecular formula is C13H10N2O7S. The van der Waals surface area contributed by atoms with Crippen LogP contribution in [0.1, 0.15) is 15.9 Å². The third kappa shape index (κ3) is 3.61. The fourth-order valence-corrected chi connectivity index (χ4v) is 2.51. The largest absolute Gasteiger partial charge is 0.478 e. The molecule has 0 bridgehead atoms. The first-order valence-corrected chi connectivity index (χ1v) is 7.50. The zero-order valence-electron chi connectivity index (χ0n) is 11.7. The number of rotatable bonds is 5. The van der Waals surface area contributed by atoms with Crippen molar-refractivity contribution in [1.29, 1.82) is 0 Å². The maximum absolute atomic E-state index is 12.1. The Bertz CT molecular complexity index is 876. The van der Waals surface area contributed by atoms with E-state index in [-0.39, 0.29) is 4.90 Å². The lowest BCUT2D eigenvalue weighted by atomic mass is 10.2. The normalized spacial score (nSPS) is 11.0. The minimum atomic E-state index is -4.33. The molecule has 0 aliphatic carbocycles. The zero-order valence-corrected chi connectivity index (χ0v) is 12.5. The molecule has 1 heterocycles. The van der Waals surface area contributed by atoms with Gasteiger partial charge in [0.2, 0.25) is 0 Å². The second-order valence-electron chi connectivity index (χ2n) is 4.46. The number of carboxylic acid groups (broad SMARTS) is 1. The van der Waals surface area contributed by atoms with Crippen LogP contribution in [0.5, 0.6) is 5.88 Å². The summed E-state index contributed by atoms with van der Waals surface area (Å²) in [5.41, 5.74) is -0.503. The summed E-state index contributed by atoms with van der Waals surface area (Å²) in [7, 11) is -4.33. The van der Waals surface area contributed by atoms with Crippen LogP contribution in [0.2, 0.25) is 0 Å². The van der Waals surface area contributed by atoms with Gasteiger partial charge in [0.05, 0.1) is 10.5 Å². The van der Waals surface area contributed by atoms with E-state index >= 15 is 0 Å². The predicted molar refractivity (Wildman–Crippen MR) is 76.8 cm³/mol. The van der Waals surface area contributed by atoms with Crippen LogP contribution < -0.4 is 4.18 Å². The van der Waals surface area contributed by atoms with Crippen LogP contribution in [0, 0.1) is 17.0 Å². The van der Waals surface area contributed by atoms with Crippen molar-refractivity contribution in [3.8, 4) is 5.88 Å². The van der Waals surface area contributed by atoms with E-state index < -0.39 is 38.1 Å². The van der Waals surface area contributed by atoms with E-state index in [1.165, 1.54) is 24.3 Å². The third-order valence-corrected chi connectivity index (χ3v) is 4.00. The minimum Gasteiger partial charge on any atom is -0.478 e. The molecule has 0 aliphatic heterocycles. The molecule has 1 aromatic heterocycles. The average molecular weight is 338 g/mol. The van der Waals surface area contributed by atoms with Crippen molar-refractivity contribution in [2.45, 2.75) is 11.8 Å². The fourth-order valence-electron chi connectivity index (χ4n) is 1.61. The first-order valence-electron chi connectivity index (χ1n) is 6.09. The summed E-state index contributed by atoms with van der Waals surface area (Å²) in [5.74, 6) is -2.24. The van der Waals surface area contributed by atoms with E-state index in [0.717, 1.165) is 11.8 Å². The number of nitrogens with zero attached hydrogens (tertiary/aromatic N) is 2. The van der Waals surface area contributed by atoms with Crippen molar-refractivity contribution in [2.24, 2.45) is 0 Å². The van der Waals surface area contributed by atoms with Gasteiger partial charge in [-0.2, -0.15) is 8.42 Å². The molecule has 0 fully saturated rings. The van der Waals surface area contributed by atoms with Gasteiger partial charge in [0.15, 0.2) is 0 Å². The van der Waals surface area contributed by atoms with E-state index in [0.29, 0.717) is 6.07 Å². The van der Waals surface area contributed by atoms with Crippen LogP contribution in [0.25, 0.3) is 0 Å². The summed E-state index contributed by atoms with van der Waals surface area (Å²) in [6.07, 6.45) is 0.773.